The lowest BCUT2D eigenvalue weighted by atomic mass is 9.96. The average Bonchev–Trinajstić information content (AvgIpc) is 2.79. The molecule has 0 radical (unpaired) electrons. The number of rotatable bonds is 9. The van der Waals surface area contributed by atoms with Crippen LogP contribution >= 0.6 is 34.8 Å². The van der Waals surface area contributed by atoms with Crippen LogP contribution < -0.4 is 20.5 Å². The molecule has 1 fully saturated rings. The molecule has 4 N–H and O–H groups in total. The van der Waals surface area contributed by atoms with Gasteiger partial charge in [0.05, 0.1) is 28.4 Å². The number of carbonyl (C=O) groups excluding carboxylic acids is 1. The number of likely N-dealkylation sites (tertiary alicyclic amines) is 1. The topological polar surface area (TPSA) is 97.0 Å². The summed E-state index contributed by atoms with van der Waals surface area (Å²) in [6.45, 7) is 2.86. The minimum atomic E-state index is -0.643. The fraction of sp³-hybridized carbons (Fsp3) is 0.435. The summed E-state index contributed by atoms with van der Waals surface area (Å²) in [5.41, 5.74) is 6.50. The van der Waals surface area contributed by atoms with Gasteiger partial charge < -0.3 is 30.5 Å². The van der Waals surface area contributed by atoms with E-state index in [4.69, 9.17) is 50.0 Å². The maximum atomic E-state index is 12.6. The molecule has 7 nitrogen and oxygen atoms in total. The second kappa shape index (κ2) is 12.0. The van der Waals surface area contributed by atoms with Crippen LogP contribution in [0.4, 0.5) is 5.69 Å². The van der Waals surface area contributed by atoms with Crippen molar-refractivity contribution in [3.8, 4) is 11.5 Å². The summed E-state index contributed by atoms with van der Waals surface area (Å²) in [6, 6.07) is 8.05. The number of piperidine rings is 1. The molecule has 0 bridgehead atoms. The lowest BCUT2D eigenvalue weighted by Crippen LogP contribution is -2.42. The molecular weight excluding hydrogens is 489 g/mol. The van der Waals surface area contributed by atoms with E-state index >= 15 is 0 Å². The van der Waals surface area contributed by atoms with Gasteiger partial charge in [-0.1, -0.05) is 34.8 Å². The number of amides is 1. The van der Waals surface area contributed by atoms with Crippen LogP contribution in [-0.4, -0.2) is 61.9 Å². The maximum Gasteiger partial charge on any atom is 0.255 e. The molecule has 1 aliphatic rings. The van der Waals surface area contributed by atoms with Gasteiger partial charge in [0.2, 0.25) is 0 Å². The number of methoxy groups -OCH3 is 1. The average molecular weight is 517 g/mol. The zero-order valence-corrected chi connectivity index (χ0v) is 20.6. The van der Waals surface area contributed by atoms with E-state index in [1.54, 1.807) is 24.3 Å². The van der Waals surface area contributed by atoms with Crippen molar-refractivity contribution in [3.63, 3.8) is 0 Å². The van der Waals surface area contributed by atoms with Crippen molar-refractivity contribution >= 4 is 46.4 Å². The summed E-state index contributed by atoms with van der Waals surface area (Å²) in [5.74, 6) is 0.986. The number of anilines is 1. The minimum absolute atomic E-state index is 0.142. The Labute approximate surface area is 208 Å². The molecule has 3 rings (SSSR count). The molecule has 0 spiro atoms. The van der Waals surface area contributed by atoms with Crippen molar-refractivity contribution in [2.75, 3.05) is 45.6 Å². The van der Waals surface area contributed by atoms with Crippen LogP contribution in [0.3, 0.4) is 0 Å². The van der Waals surface area contributed by atoms with Crippen LogP contribution in [0.5, 0.6) is 11.5 Å². The number of hydrogen-bond acceptors (Lipinski definition) is 6. The third kappa shape index (κ3) is 7.29. The molecular formula is C23H28Cl3N3O4. The van der Waals surface area contributed by atoms with Gasteiger partial charge in [-0.3, -0.25) is 4.79 Å². The predicted octanol–water partition coefficient (Wildman–Crippen LogP) is 4.12. The van der Waals surface area contributed by atoms with Gasteiger partial charge in [0, 0.05) is 24.2 Å². The number of nitrogens with zero attached hydrogens (tertiary/aromatic N) is 1. The number of nitrogens with one attached hydrogen (secondary N) is 1. The Morgan fingerprint density at radius 2 is 1.91 bits per heavy atom. The number of carbonyl (C=O) groups is 1. The summed E-state index contributed by atoms with van der Waals surface area (Å²) in [5, 5.41) is 14.6. The van der Waals surface area contributed by atoms with Crippen LogP contribution in [0.15, 0.2) is 30.3 Å². The third-order valence-corrected chi connectivity index (χ3v) is 6.47. The molecule has 180 valence electrons. The fourth-order valence-electron chi connectivity index (χ4n) is 3.75. The van der Waals surface area contributed by atoms with Gasteiger partial charge >= 0.3 is 0 Å². The van der Waals surface area contributed by atoms with E-state index in [-0.39, 0.29) is 12.5 Å². The number of aliphatic hydroxyl groups is 1. The molecule has 1 saturated heterocycles. The van der Waals surface area contributed by atoms with Gasteiger partial charge in [-0.2, -0.15) is 0 Å². The first-order valence-corrected chi connectivity index (χ1v) is 11.8. The molecule has 1 unspecified atom stereocenters. The van der Waals surface area contributed by atoms with Crippen molar-refractivity contribution < 1.29 is 19.4 Å². The summed E-state index contributed by atoms with van der Waals surface area (Å²) in [7, 11) is 1.48. The molecule has 0 aromatic heterocycles. The molecule has 1 heterocycles. The number of β-amino-alcohol motifs (C(OH)–C–C–N with tert-alkyl or cyclic N) is 1. The molecule has 10 heteroatoms. The van der Waals surface area contributed by atoms with E-state index in [9.17, 15) is 9.90 Å². The monoisotopic (exact) mass is 515 g/mol. The SMILES string of the molecule is COc1cc(N)c(Cl)cc1C(=O)NCC1CCN(CC(O)COc2ccc(Cl)cc2Cl)CC1. The lowest BCUT2D eigenvalue weighted by molar-refractivity contribution is 0.0548. The first kappa shape index (κ1) is 25.7. The van der Waals surface area contributed by atoms with Crippen molar-refractivity contribution in [1.29, 1.82) is 0 Å². The smallest absolute Gasteiger partial charge is 0.255 e. The van der Waals surface area contributed by atoms with E-state index in [0.717, 1.165) is 25.9 Å². The Morgan fingerprint density at radius 1 is 1.18 bits per heavy atom. The van der Waals surface area contributed by atoms with Crippen LogP contribution in [-0.2, 0) is 0 Å². The fourth-order valence-corrected chi connectivity index (χ4v) is 4.38. The first-order valence-electron chi connectivity index (χ1n) is 10.7. The summed E-state index contributed by atoms with van der Waals surface area (Å²) >= 11 is 18.0. The van der Waals surface area contributed by atoms with Crippen molar-refractivity contribution in [2.24, 2.45) is 5.92 Å². The Bertz CT molecular complexity index is 968. The number of ether oxygens (including phenoxy) is 2. The van der Waals surface area contributed by atoms with Crippen molar-refractivity contribution in [2.45, 2.75) is 18.9 Å². The highest BCUT2D eigenvalue weighted by Gasteiger charge is 2.23. The third-order valence-electron chi connectivity index (χ3n) is 5.62. The van der Waals surface area contributed by atoms with Gasteiger partial charge in [-0.25, -0.2) is 0 Å². The summed E-state index contributed by atoms with van der Waals surface area (Å²) < 4.78 is 10.9. The first-order chi connectivity index (χ1) is 15.8. The number of aliphatic hydroxyl groups excluding tert-OH is 1. The molecule has 0 saturated carbocycles. The largest absolute Gasteiger partial charge is 0.496 e. The Morgan fingerprint density at radius 3 is 2.58 bits per heavy atom. The summed E-state index contributed by atoms with van der Waals surface area (Å²) in [4.78, 5) is 14.8. The van der Waals surface area contributed by atoms with Crippen LogP contribution in [0.25, 0.3) is 0 Å². The Balaban J connectivity index is 1.40. The zero-order chi connectivity index (χ0) is 24.0. The number of hydrogen-bond donors (Lipinski definition) is 3. The molecule has 1 aliphatic heterocycles. The number of benzene rings is 2. The number of halogens is 3. The van der Waals surface area contributed by atoms with E-state index in [2.05, 4.69) is 10.2 Å². The van der Waals surface area contributed by atoms with E-state index < -0.39 is 6.10 Å². The normalized spacial score (nSPS) is 15.8. The second-order valence-electron chi connectivity index (χ2n) is 8.07. The van der Waals surface area contributed by atoms with Crippen LogP contribution in [0.1, 0.15) is 23.2 Å². The Kier molecular flexibility index (Phi) is 9.35. The van der Waals surface area contributed by atoms with Gasteiger partial charge in [0.15, 0.2) is 0 Å². The van der Waals surface area contributed by atoms with Gasteiger partial charge in [-0.15, -0.1) is 0 Å². The maximum absolute atomic E-state index is 12.6. The zero-order valence-electron chi connectivity index (χ0n) is 18.3. The van der Waals surface area contributed by atoms with E-state index in [1.807, 2.05) is 0 Å². The Hall–Kier alpha value is -1.90. The highest BCUT2D eigenvalue weighted by molar-refractivity contribution is 6.35. The van der Waals surface area contributed by atoms with Crippen LogP contribution in [0.2, 0.25) is 15.1 Å². The molecule has 2 aromatic rings. The highest BCUT2D eigenvalue weighted by atomic mass is 35.5. The molecule has 33 heavy (non-hydrogen) atoms. The van der Waals surface area contributed by atoms with Gasteiger partial charge in [0.25, 0.3) is 5.91 Å². The van der Waals surface area contributed by atoms with E-state index in [1.165, 1.54) is 13.2 Å². The van der Waals surface area contributed by atoms with E-state index in [0.29, 0.717) is 56.8 Å². The minimum Gasteiger partial charge on any atom is -0.496 e. The predicted molar refractivity (Wildman–Crippen MR) is 132 cm³/mol. The molecule has 1 amide bonds. The highest BCUT2D eigenvalue weighted by Crippen LogP contribution is 2.29. The second-order valence-corrected chi connectivity index (χ2v) is 9.32. The molecule has 0 aliphatic carbocycles. The van der Waals surface area contributed by atoms with Crippen molar-refractivity contribution in [3.05, 3.63) is 51.0 Å². The van der Waals surface area contributed by atoms with Crippen molar-refractivity contribution in [1.82, 2.24) is 10.2 Å². The quantitative estimate of drug-likeness (QED) is 0.434. The van der Waals surface area contributed by atoms with Gasteiger partial charge in [0.1, 0.15) is 24.2 Å². The molecule has 2 aromatic carbocycles. The lowest BCUT2D eigenvalue weighted by Gasteiger charge is -2.33. The standard InChI is InChI=1S/C23H28Cl3N3O4/c1-32-22-10-20(27)18(25)9-17(22)23(31)28-11-14-4-6-29(7-5-14)12-16(30)13-33-21-3-2-15(24)8-19(21)26/h2-3,8-10,14,16,30H,4-7,11-13,27H2,1H3,(H,28,31). The number of nitrogens with two attached hydrogens (primary N) is 1. The summed E-state index contributed by atoms with van der Waals surface area (Å²) in [6.07, 6.45) is 1.18. The van der Waals surface area contributed by atoms with Crippen LogP contribution in [0, 0.1) is 5.92 Å². The molecule has 1 atom stereocenters. The number of nitrogen functional groups attached to an aromatic ring is 1. The van der Waals surface area contributed by atoms with Gasteiger partial charge in [-0.05, 0) is 56.1 Å².